The Morgan fingerprint density at radius 3 is 2.69 bits per heavy atom. The topological polar surface area (TPSA) is 29.1 Å². The van der Waals surface area contributed by atoms with Gasteiger partial charge in [-0.3, -0.25) is 4.79 Å². The minimum atomic E-state index is 0.175. The summed E-state index contributed by atoms with van der Waals surface area (Å²) in [5.41, 5.74) is 0.853. The number of rotatable bonds is 3. The van der Waals surface area contributed by atoms with Gasteiger partial charge in [-0.25, -0.2) is 0 Å². The highest BCUT2D eigenvalue weighted by Crippen LogP contribution is 2.19. The van der Waals surface area contributed by atoms with Crippen LogP contribution in [0.15, 0.2) is 29.2 Å². The zero-order valence-electron chi connectivity index (χ0n) is 9.53. The lowest BCUT2D eigenvalue weighted by molar-refractivity contribution is 0.0899. The summed E-state index contributed by atoms with van der Waals surface area (Å²) in [5, 5.41) is 3.28. The highest BCUT2D eigenvalue weighted by molar-refractivity contribution is 7.98. The van der Waals surface area contributed by atoms with E-state index in [0.29, 0.717) is 5.78 Å². The lowest BCUT2D eigenvalue weighted by Crippen LogP contribution is -2.34. The van der Waals surface area contributed by atoms with E-state index in [9.17, 15) is 4.79 Å². The third-order valence-corrected chi connectivity index (χ3v) is 3.79. The maximum atomic E-state index is 12.2. The van der Waals surface area contributed by atoms with Gasteiger partial charge in [0.05, 0.1) is 0 Å². The van der Waals surface area contributed by atoms with E-state index in [0.717, 1.165) is 31.5 Å². The molecule has 1 aliphatic heterocycles. The Hall–Kier alpha value is -0.800. The highest BCUT2D eigenvalue weighted by atomic mass is 32.2. The fourth-order valence-electron chi connectivity index (χ4n) is 2.07. The van der Waals surface area contributed by atoms with Gasteiger partial charge in [-0.2, -0.15) is 0 Å². The Morgan fingerprint density at radius 1 is 1.38 bits per heavy atom. The van der Waals surface area contributed by atoms with Gasteiger partial charge in [0.25, 0.3) is 0 Å². The molecule has 0 bridgehead atoms. The minimum absolute atomic E-state index is 0.175. The second kappa shape index (κ2) is 5.51. The molecule has 1 aromatic carbocycles. The van der Waals surface area contributed by atoms with Crippen LogP contribution in [-0.4, -0.2) is 25.1 Å². The number of carbonyl (C=O) groups is 1. The molecule has 0 saturated carbocycles. The van der Waals surface area contributed by atoms with E-state index in [1.165, 1.54) is 4.90 Å². The van der Waals surface area contributed by atoms with Gasteiger partial charge in [0, 0.05) is 22.9 Å². The van der Waals surface area contributed by atoms with Crippen molar-refractivity contribution in [2.45, 2.75) is 17.7 Å². The van der Waals surface area contributed by atoms with Crippen molar-refractivity contribution < 1.29 is 4.79 Å². The molecule has 2 nitrogen and oxygen atoms in total. The SMILES string of the molecule is CSc1ccc(C(=O)[C@H]2CCCNC2)cc1. The predicted molar refractivity (Wildman–Crippen MR) is 68.1 cm³/mol. The quantitative estimate of drug-likeness (QED) is 0.645. The number of Topliss-reactive ketones (excluding diaryl/α,β-unsaturated/α-hetero) is 1. The smallest absolute Gasteiger partial charge is 0.167 e. The third kappa shape index (κ3) is 2.66. The summed E-state index contributed by atoms with van der Waals surface area (Å²) in [7, 11) is 0. The van der Waals surface area contributed by atoms with Crippen LogP contribution >= 0.6 is 11.8 Å². The molecule has 86 valence electrons. The molecule has 0 radical (unpaired) electrons. The molecule has 1 saturated heterocycles. The average Bonchev–Trinajstić information content (AvgIpc) is 2.39. The molecule has 1 fully saturated rings. The maximum absolute atomic E-state index is 12.2. The second-order valence-electron chi connectivity index (χ2n) is 4.14. The van der Waals surface area contributed by atoms with Crippen LogP contribution in [0.2, 0.25) is 0 Å². The Bertz CT molecular complexity index is 355. The maximum Gasteiger partial charge on any atom is 0.167 e. The van der Waals surface area contributed by atoms with E-state index >= 15 is 0 Å². The largest absolute Gasteiger partial charge is 0.316 e. The molecule has 0 amide bonds. The van der Waals surface area contributed by atoms with E-state index < -0.39 is 0 Å². The summed E-state index contributed by atoms with van der Waals surface area (Å²) in [6.45, 7) is 1.89. The number of hydrogen-bond acceptors (Lipinski definition) is 3. The number of hydrogen-bond donors (Lipinski definition) is 1. The van der Waals surface area contributed by atoms with Crippen LogP contribution < -0.4 is 5.32 Å². The lowest BCUT2D eigenvalue weighted by atomic mass is 9.91. The van der Waals surface area contributed by atoms with Crippen molar-refractivity contribution in [3.8, 4) is 0 Å². The first-order valence-corrected chi connectivity index (χ1v) is 6.92. The van der Waals surface area contributed by atoms with Crippen molar-refractivity contribution in [1.82, 2.24) is 5.32 Å². The molecule has 1 N–H and O–H groups in total. The monoisotopic (exact) mass is 235 g/mol. The van der Waals surface area contributed by atoms with Crippen molar-refractivity contribution >= 4 is 17.5 Å². The van der Waals surface area contributed by atoms with Gasteiger partial charge in [-0.15, -0.1) is 11.8 Å². The van der Waals surface area contributed by atoms with E-state index in [1.54, 1.807) is 11.8 Å². The van der Waals surface area contributed by atoms with Gasteiger partial charge in [-0.1, -0.05) is 12.1 Å². The molecule has 1 atom stereocenters. The summed E-state index contributed by atoms with van der Waals surface area (Å²) in [6, 6.07) is 7.94. The van der Waals surface area contributed by atoms with E-state index in [4.69, 9.17) is 0 Å². The first-order chi connectivity index (χ1) is 7.81. The first-order valence-electron chi connectivity index (χ1n) is 5.70. The van der Waals surface area contributed by atoms with Crippen LogP contribution in [0, 0.1) is 5.92 Å². The fourth-order valence-corrected chi connectivity index (χ4v) is 2.47. The Labute approximate surface area is 101 Å². The molecule has 1 heterocycles. The molecule has 0 spiro atoms. The zero-order valence-corrected chi connectivity index (χ0v) is 10.3. The Kier molecular flexibility index (Phi) is 4.02. The number of thioether (sulfide) groups is 1. The van der Waals surface area contributed by atoms with Crippen molar-refractivity contribution in [2.24, 2.45) is 5.92 Å². The first kappa shape index (κ1) is 11.7. The Balaban J connectivity index is 2.07. The van der Waals surface area contributed by atoms with Crippen LogP contribution in [0.4, 0.5) is 0 Å². The molecule has 3 heteroatoms. The van der Waals surface area contributed by atoms with Crippen LogP contribution in [0.5, 0.6) is 0 Å². The predicted octanol–water partition coefficient (Wildman–Crippen LogP) is 2.59. The van der Waals surface area contributed by atoms with E-state index in [-0.39, 0.29) is 5.92 Å². The summed E-state index contributed by atoms with van der Waals surface area (Å²) in [6.07, 6.45) is 4.18. The Morgan fingerprint density at radius 2 is 2.12 bits per heavy atom. The highest BCUT2D eigenvalue weighted by Gasteiger charge is 2.21. The van der Waals surface area contributed by atoms with Crippen LogP contribution in [-0.2, 0) is 0 Å². The van der Waals surface area contributed by atoms with Gasteiger partial charge in [0.1, 0.15) is 0 Å². The van der Waals surface area contributed by atoms with Crippen molar-refractivity contribution in [3.05, 3.63) is 29.8 Å². The van der Waals surface area contributed by atoms with Gasteiger partial charge in [0.2, 0.25) is 0 Å². The van der Waals surface area contributed by atoms with Crippen molar-refractivity contribution in [2.75, 3.05) is 19.3 Å². The minimum Gasteiger partial charge on any atom is -0.316 e. The van der Waals surface area contributed by atoms with E-state index in [2.05, 4.69) is 5.32 Å². The molecule has 1 aromatic rings. The lowest BCUT2D eigenvalue weighted by Gasteiger charge is -2.21. The molecule has 1 aliphatic rings. The van der Waals surface area contributed by atoms with Crippen molar-refractivity contribution in [1.29, 1.82) is 0 Å². The molecular weight excluding hydrogens is 218 g/mol. The summed E-state index contributed by atoms with van der Waals surface area (Å²) in [4.78, 5) is 13.4. The molecular formula is C13H17NOS. The fraction of sp³-hybridized carbons (Fsp3) is 0.462. The molecule has 0 aromatic heterocycles. The summed E-state index contributed by atoms with van der Waals surface area (Å²) in [5.74, 6) is 0.466. The van der Waals surface area contributed by atoms with E-state index in [1.807, 2.05) is 30.5 Å². The van der Waals surface area contributed by atoms with Gasteiger partial charge in [0.15, 0.2) is 5.78 Å². The standard InChI is InChI=1S/C13H17NOS/c1-16-12-6-4-10(5-7-12)13(15)11-3-2-8-14-9-11/h4-7,11,14H,2-3,8-9H2,1H3/t11-/m0/s1. The number of carbonyl (C=O) groups excluding carboxylic acids is 1. The number of piperidine rings is 1. The molecule has 0 aliphatic carbocycles. The second-order valence-corrected chi connectivity index (χ2v) is 5.02. The van der Waals surface area contributed by atoms with Gasteiger partial charge >= 0.3 is 0 Å². The average molecular weight is 235 g/mol. The molecule has 0 unspecified atom stereocenters. The normalized spacial score (nSPS) is 20.7. The molecule has 16 heavy (non-hydrogen) atoms. The number of nitrogens with one attached hydrogen (secondary N) is 1. The third-order valence-electron chi connectivity index (χ3n) is 3.04. The van der Waals surface area contributed by atoms with Gasteiger partial charge < -0.3 is 5.32 Å². The van der Waals surface area contributed by atoms with Crippen LogP contribution in [0.3, 0.4) is 0 Å². The zero-order chi connectivity index (χ0) is 11.4. The van der Waals surface area contributed by atoms with Crippen LogP contribution in [0.1, 0.15) is 23.2 Å². The van der Waals surface area contributed by atoms with Gasteiger partial charge in [-0.05, 0) is 37.8 Å². The number of benzene rings is 1. The van der Waals surface area contributed by atoms with Crippen LogP contribution in [0.25, 0.3) is 0 Å². The summed E-state index contributed by atoms with van der Waals surface area (Å²) >= 11 is 1.70. The summed E-state index contributed by atoms with van der Waals surface area (Å²) < 4.78 is 0. The molecule has 2 rings (SSSR count). The number of ketones is 1. The van der Waals surface area contributed by atoms with Crippen molar-refractivity contribution in [3.63, 3.8) is 0 Å².